The molecule has 0 amide bonds. The number of benzene rings is 4. The van der Waals surface area contributed by atoms with Gasteiger partial charge in [-0.1, -0.05) is 88.7 Å². The second-order valence-corrected chi connectivity index (χ2v) is 11.7. The molecule has 0 radical (unpaired) electrons. The van der Waals surface area contributed by atoms with E-state index in [9.17, 15) is 28.0 Å². The molecular weight excluding hydrogens is 750 g/mol. The van der Waals surface area contributed by atoms with Crippen molar-refractivity contribution in [3.63, 3.8) is 0 Å². The Kier molecular flexibility index (Phi) is 14.0. The van der Waals surface area contributed by atoms with Crippen molar-refractivity contribution in [2.24, 2.45) is 0 Å². The predicted molar refractivity (Wildman–Crippen MR) is 211 cm³/mol. The molecule has 0 spiro atoms. The monoisotopic (exact) mass is 786 g/mol. The lowest BCUT2D eigenvalue weighted by molar-refractivity contribution is -0.135. The van der Waals surface area contributed by atoms with Gasteiger partial charge in [-0.3, -0.25) is 9.59 Å². The van der Waals surface area contributed by atoms with Gasteiger partial charge in [-0.25, -0.2) is 18.4 Å². The average Bonchev–Trinajstić information content (AvgIpc) is 3.17. The highest BCUT2D eigenvalue weighted by Crippen LogP contribution is 2.33. The largest absolute Gasteiger partial charge is 0.466 e. The summed E-state index contributed by atoms with van der Waals surface area (Å²) < 4.78 is 37.6. The van der Waals surface area contributed by atoms with Crippen LogP contribution in [0.2, 0.25) is 0 Å². The van der Waals surface area contributed by atoms with Crippen LogP contribution in [-0.2, 0) is 25.6 Å². The van der Waals surface area contributed by atoms with E-state index in [2.05, 4.69) is 30.4 Å². The summed E-state index contributed by atoms with van der Waals surface area (Å²) >= 11 is 3.11. The molecular formula is C40H37BrF2N4O6. The fraction of sp³-hybridized carbons (Fsp3) is 0.100. The first-order valence-electron chi connectivity index (χ1n) is 15.9. The second kappa shape index (κ2) is 18.8. The van der Waals surface area contributed by atoms with Crippen molar-refractivity contribution < 1.29 is 29.3 Å². The van der Waals surface area contributed by atoms with Crippen molar-refractivity contribution in [2.45, 2.75) is 6.54 Å². The molecule has 0 bridgehead atoms. The standard InChI is InChI=1S/C20H17FN2O3.C15H11FN2O.C5H7BrO2.H2/c1-26-17(24)8-5-11-23-16-10-9-14(21)12-15(16)18(19(22)20(23)25)13-6-3-2-4-7-13;16-10-6-7-12-11(8-10)13(14(17)15(19)18-12)9-4-2-1-3-5-9;1-8-5(7)3-2-4-6;/h2-10,12H,11,22H2,1H3;1-8H,17H2,(H,18,19);2-3H,4H2,1H3;1H/b8-5+;;3-2+;. The van der Waals surface area contributed by atoms with E-state index in [1.807, 2.05) is 60.7 Å². The number of nitrogens with two attached hydrogens (primary N) is 2. The Hall–Kier alpha value is -6.34. The van der Waals surface area contributed by atoms with Crippen molar-refractivity contribution in [2.75, 3.05) is 31.0 Å². The fourth-order valence-corrected chi connectivity index (χ4v) is 5.46. The number of carbonyl (C=O) groups is 2. The van der Waals surface area contributed by atoms with Crippen molar-refractivity contribution in [3.05, 3.63) is 154 Å². The normalized spacial score (nSPS) is 10.8. The van der Waals surface area contributed by atoms with Crippen LogP contribution in [0.3, 0.4) is 0 Å². The molecule has 2 aromatic heterocycles. The van der Waals surface area contributed by atoms with Gasteiger partial charge in [-0.2, -0.15) is 0 Å². The summed E-state index contributed by atoms with van der Waals surface area (Å²) in [5.74, 6) is -1.63. The first-order valence-corrected chi connectivity index (χ1v) is 17.0. The molecule has 5 N–H and O–H groups in total. The second-order valence-electron chi connectivity index (χ2n) is 11.0. The highest BCUT2D eigenvalue weighted by atomic mass is 79.9. The smallest absolute Gasteiger partial charge is 0.330 e. The van der Waals surface area contributed by atoms with E-state index in [4.69, 9.17) is 11.5 Å². The Balaban J connectivity index is 0.000000245. The van der Waals surface area contributed by atoms with Crippen molar-refractivity contribution in [1.82, 2.24) is 9.55 Å². The summed E-state index contributed by atoms with van der Waals surface area (Å²) in [5, 5.41) is 1.81. The van der Waals surface area contributed by atoms with Gasteiger partial charge in [-0.05, 0) is 47.5 Å². The first-order chi connectivity index (χ1) is 25.5. The Bertz CT molecular complexity index is 2420. The van der Waals surface area contributed by atoms with Crippen LogP contribution in [0.4, 0.5) is 20.2 Å². The molecule has 10 nitrogen and oxygen atoms in total. The quantitative estimate of drug-likeness (QED) is 0.0858. The van der Waals surface area contributed by atoms with E-state index in [1.54, 1.807) is 6.08 Å². The third kappa shape index (κ3) is 9.92. The first kappa shape index (κ1) is 39.4. The number of aromatic amines is 1. The minimum atomic E-state index is -0.526. The molecule has 0 saturated carbocycles. The number of fused-ring (bicyclic) bond motifs is 2. The lowest BCUT2D eigenvalue weighted by Gasteiger charge is -2.15. The predicted octanol–water partition coefficient (Wildman–Crippen LogP) is 7.39. The number of allylic oxidation sites excluding steroid dienone is 2. The van der Waals surface area contributed by atoms with Gasteiger partial charge in [0.2, 0.25) is 0 Å². The van der Waals surface area contributed by atoms with Crippen LogP contribution in [0.5, 0.6) is 0 Å². The van der Waals surface area contributed by atoms with Gasteiger partial charge in [0.05, 0.1) is 19.7 Å². The lowest BCUT2D eigenvalue weighted by Crippen LogP contribution is -2.24. The minimum absolute atomic E-state index is 0. The number of ether oxygens (including phenoxy) is 2. The van der Waals surface area contributed by atoms with Crippen LogP contribution in [0.25, 0.3) is 44.1 Å². The molecule has 0 fully saturated rings. The van der Waals surface area contributed by atoms with Crippen molar-refractivity contribution in [3.8, 4) is 22.3 Å². The SMILES string of the molecule is COC(=O)/C=C/CBr.COC(=O)/C=C/Cn1c(=O)c(N)c(-c2ccccc2)c2cc(F)ccc21.Nc1c(-c2ccccc2)c2cc(F)ccc2[nH]c1=O.[HH]. The van der Waals surface area contributed by atoms with E-state index < -0.39 is 17.3 Å². The number of nitrogen functional groups attached to an aromatic ring is 2. The van der Waals surface area contributed by atoms with E-state index in [1.165, 1.54) is 73.4 Å². The third-order valence-electron chi connectivity index (χ3n) is 7.69. The van der Waals surface area contributed by atoms with E-state index >= 15 is 0 Å². The number of anilines is 2. The zero-order chi connectivity index (χ0) is 38.5. The zero-order valence-corrected chi connectivity index (χ0v) is 30.2. The van der Waals surface area contributed by atoms with E-state index in [0.29, 0.717) is 38.3 Å². The maximum Gasteiger partial charge on any atom is 0.330 e. The molecule has 6 aromatic rings. The molecule has 0 aliphatic rings. The van der Waals surface area contributed by atoms with E-state index in [0.717, 1.165) is 11.1 Å². The number of rotatable bonds is 7. The minimum Gasteiger partial charge on any atom is -0.466 e. The summed E-state index contributed by atoms with van der Waals surface area (Å²) in [6.45, 7) is 0.106. The number of methoxy groups -OCH3 is 2. The Morgan fingerprint density at radius 3 is 1.81 bits per heavy atom. The summed E-state index contributed by atoms with van der Waals surface area (Å²) in [5.41, 5.74) is 15.0. The van der Waals surface area contributed by atoms with Crippen molar-refractivity contribution in [1.29, 1.82) is 0 Å². The molecule has 0 aliphatic carbocycles. The molecule has 0 aliphatic heterocycles. The Morgan fingerprint density at radius 2 is 1.26 bits per heavy atom. The molecule has 0 unspecified atom stereocenters. The lowest BCUT2D eigenvalue weighted by atomic mass is 9.99. The number of nitrogens with zero attached hydrogens (tertiary/aromatic N) is 1. The van der Waals surface area contributed by atoms with Gasteiger partial charge >= 0.3 is 11.9 Å². The number of esters is 2. The molecule has 274 valence electrons. The van der Waals surface area contributed by atoms with Gasteiger partial charge in [0.1, 0.15) is 23.0 Å². The van der Waals surface area contributed by atoms with Gasteiger partial charge in [-0.15, -0.1) is 0 Å². The molecule has 13 heteroatoms. The van der Waals surface area contributed by atoms with Crippen LogP contribution >= 0.6 is 15.9 Å². The number of carbonyl (C=O) groups excluding carboxylic acids is 2. The van der Waals surface area contributed by atoms with Gasteiger partial charge in [0.25, 0.3) is 11.1 Å². The van der Waals surface area contributed by atoms with E-state index in [-0.39, 0.29) is 36.7 Å². The maximum atomic E-state index is 13.9. The van der Waals surface area contributed by atoms with Crippen LogP contribution in [0.1, 0.15) is 1.43 Å². The third-order valence-corrected chi connectivity index (χ3v) is 8.06. The van der Waals surface area contributed by atoms with Gasteiger partial charge < -0.3 is 30.5 Å². The molecule has 0 saturated heterocycles. The molecule has 53 heavy (non-hydrogen) atoms. The number of halogens is 3. The average molecular weight is 788 g/mol. The topological polar surface area (TPSA) is 159 Å². The highest BCUT2D eigenvalue weighted by Gasteiger charge is 2.16. The zero-order valence-electron chi connectivity index (χ0n) is 28.6. The summed E-state index contributed by atoms with van der Waals surface area (Å²) in [6.07, 6.45) is 5.77. The van der Waals surface area contributed by atoms with Crippen LogP contribution in [0, 0.1) is 11.6 Å². The summed E-state index contributed by atoms with van der Waals surface area (Å²) in [4.78, 5) is 48.8. The molecule has 4 aromatic carbocycles. The number of H-pyrrole nitrogens is 1. The van der Waals surface area contributed by atoms with Crippen molar-refractivity contribution >= 4 is 61.0 Å². The molecule has 6 rings (SSSR count). The highest BCUT2D eigenvalue weighted by molar-refractivity contribution is 9.09. The van der Waals surface area contributed by atoms with Gasteiger partial charge in [0.15, 0.2) is 0 Å². The van der Waals surface area contributed by atoms with Crippen LogP contribution in [0.15, 0.2) is 131 Å². The molecule has 2 heterocycles. The maximum absolute atomic E-state index is 13.9. The van der Waals surface area contributed by atoms with Gasteiger partial charge in [0, 0.05) is 52.9 Å². The Morgan fingerprint density at radius 1 is 0.755 bits per heavy atom. The fourth-order valence-electron chi connectivity index (χ4n) is 5.28. The number of pyridine rings is 2. The Labute approximate surface area is 312 Å². The number of nitrogens with one attached hydrogen (secondary N) is 1. The number of alkyl halides is 1. The summed E-state index contributed by atoms with van der Waals surface area (Å²) in [7, 11) is 2.62. The van der Waals surface area contributed by atoms with Crippen LogP contribution < -0.4 is 22.6 Å². The number of hydrogen-bond donors (Lipinski definition) is 3. The molecule has 0 atom stereocenters. The van der Waals surface area contributed by atoms with Crippen LogP contribution in [-0.4, -0.2) is 41.0 Å². The number of hydrogen-bond acceptors (Lipinski definition) is 8. The number of aromatic nitrogens is 2. The summed E-state index contributed by atoms with van der Waals surface area (Å²) in [6, 6.07) is 26.8.